The van der Waals surface area contributed by atoms with E-state index >= 15 is 0 Å². The molecule has 0 radical (unpaired) electrons. The number of halogens is 6. The molecule has 0 saturated carbocycles. The molecule has 0 aromatic heterocycles. The largest absolute Gasteiger partial charge is 0.389 e. The Bertz CT molecular complexity index is 404. The summed E-state index contributed by atoms with van der Waals surface area (Å²) in [5.74, 6) is 0. The zero-order valence-electron chi connectivity index (χ0n) is 8.52. The van der Waals surface area contributed by atoms with Crippen molar-refractivity contribution in [2.24, 2.45) is 0 Å². The summed E-state index contributed by atoms with van der Waals surface area (Å²) in [7, 11) is 0. The van der Waals surface area contributed by atoms with E-state index in [-0.39, 0.29) is 0 Å². The maximum Gasteiger partial charge on any atom is 0.216 e. The molecule has 0 bridgehead atoms. The van der Waals surface area contributed by atoms with Crippen molar-refractivity contribution >= 4 is 69.6 Å². The first-order valence-electron chi connectivity index (χ1n) is 4.50. The number of aliphatic hydroxyl groups is 1. The Morgan fingerprint density at radius 2 is 1.53 bits per heavy atom. The Labute approximate surface area is 130 Å². The molecule has 0 saturated heterocycles. The summed E-state index contributed by atoms with van der Waals surface area (Å²) < 4.78 is -3.31. The van der Waals surface area contributed by atoms with E-state index in [1.807, 2.05) is 0 Å². The van der Waals surface area contributed by atoms with Gasteiger partial charge < -0.3 is 5.11 Å². The van der Waals surface area contributed by atoms with Crippen molar-refractivity contribution in [2.75, 3.05) is 0 Å². The zero-order chi connectivity index (χ0) is 13.4. The van der Waals surface area contributed by atoms with Gasteiger partial charge in [0, 0.05) is 11.1 Å². The zero-order valence-corrected chi connectivity index (χ0v) is 13.1. The molecule has 1 aromatic rings. The fraction of sp³-hybridized carbons (Fsp3) is 0.400. The van der Waals surface area contributed by atoms with Crippen LogP contribution in [0.2, 0.25) is 0 Å². The highest BCUT2D eigenvalue weighted by Crippen LogP contribution is 2.45. The van der Waals surface area contributed by atoms with Gasteiger partial charge in [0.25, 0.3) is 0 Å². The fourth-order valence-corrected chi connectivity index (χ4v) is 2.19. The lowest BCUT2D eigenvalue weighted by atomic mass is 10.0. The molecular weight excluding hydrogens is 349 g/mol. The van der Waals surface area contributed by atoms with Crippen molar-refractivity contribution in [1.82, 2.24) is 0 Å². The first-order valence-corrected chi connectivity index (χ1v) is 6.76. The number of benzene rings is 1. The van der Waals surface area contributed by atoms with Gasteiger partial charge in [-0.3, -0.25) is 0 Å². The van der Waals surface area contributed by atoms with Gasteiger partial charge in [-0.15, -0.1) is 0 Å². The Morgan fingerprint density at radius 1 is 1.00 bits per heavy atom. The van der Waals surface area contributed by atoms with Gasteiger partial charge in [0.1, 0.15) is 0 Å². The monoisotopic (exact) mass is 354 g/mol. The minimum absolute atomic E-state index is 0.293. The molecule has 7 heteroatoms. The molecule has 0 aliphatic heterocycles. The van der Waals surface area contributed by atoms with Gasteiger partial charge in [-0.05, 0) is 18.6 Å². The van der Waals surface area contributed by atoms with Crippen LogP contribution in [0.15, 0.2) is 18.2 Å². The summed E-state index contributed by atoms with van der Waals surface area (Å²) in [6.45, 7) is 1.56. The minimum Gasteiger partial charge on any atom is -0.389 e. The Morgan fingerprint density at radius 3 is 1.88 bits per heavy atom. The number of rotatable bonds is 1. The van der Waals surface area contributed by atoms with Gasteiger partial charge >= 0.3 is 0 Å². The van der Waals surface area contributed by atoms with Crippen LogP contribution in [0.25, 0.3) is 0 Å². The number of hydrogen-bond donors (Lipinski definition) is 1. The van der Waals surface area contributed by atoms with Crippen molar-refractivity contribution in [3.8, 4) is 0 Å². The minimum atomic E-state index is -1.70. The van der Waals surface area contributed by atoms with E-state index in [0.29, 0.717) is 16.7 Å². The molecule has 0 fully saturated rings. The lowest BCUT2D eigenvalue weighted by molar-refractivity contribution is 0.198. The molecule has 1 unspecified atom stereocenters. The van der Waals surface area contributed by atoms with E-state index in [1.54, 1.807) is 19.1 Å². The predicted octanol–water partition coefficient (Wildman–Crippen LogP) is 5.39. The van der Waals surface area contributed by atoms with Crippen LogP contribution in [0.1, 0.15) is 29.7 Å². The molecule has 0 aliphatic rings. The third kappa shape index (κ3) is 4.21. The second-order valence-electron chi connectivity index (χ2n) is 3.47. The highest BCUT2D eigenvalue weighted by molar-refractivity contribution is 6.67. The van der Waals surface area contributed by atoms with E-state index in [0.717, 1.165) is 0 Å². The van der Waals surface area contributed by atoms with Crippen LogP contribution in [0.4, 0.5) is 0 Å². The smallest absolute Gasteiger partial charge is 0.216 e. The van der Waals surface area contributed by atoms with Crippen LogP contribution < -0.4 is 0 Å². The molecule has 96 valence electrons. The van der Waals surface area contributed by atoms with Gasteiger partial charge in [0.15, 0.2) is 0 Å². The summed E-state index contributed by atoms with van der Waals surface area (Å²) in [6.07, 6.45) is -0.787. The van der Waals surface area contributed by atoms with Gasteiger partial charge in [-0.2, -0.15) is 0 Å². The number of aliphatic hydroxyl groups excluding tert-OH is 1. The molecule has 17 heavy (non-hydrogen) atoms. The molecule has 0 spiro atoms. The van der Waals surface area contributed by atoms with E-state index in [9.17, 15) is 5.11 Å². The van der Waals surface area contributed by atoms with E-state index in [4.69, 9.17) is 69.6 Å². The van der Waals surface area contributed by atoms with Crippen molar-refractivity contribution in [1.29, 1.82) is 0 Å². The molecule has 1 rings (SSSR count). The van der Waals surface area contributed by atoms with Gasteiger partial charge in [0.05, 0.1) is 6.10 Å². The lowest BCUT2D eigenvalue weighted by Gasteiger charge is -2.21. The fourth-order valence-electron chi connectivity index (χ4n) is 1.34. The standard InChI is InChI=1S/C10H8Cl6O/c1-5(17)7-3-2-6(9(11,12)13)4-8(7)10(14,15)16/h2-5,17H,1H3. The second kappa shape index (κ2) is 5.50. The molecule has 1 nitrogen and oxygen atoms in total. The summed E-state index contributed by atoms with van der Waals surface area (Å²) in [4.78, 5) is 0. The molecule has 1 aromatic carbocycles. The number of alkyl halides is 6. The topological polar surface area (TPSA) is 20.2 Å². The first kappa shape index (κ1) is 16.0. The second-order valence-corrected chi connectivity index (χ2v) is 8.04. The highest BCUT2D eigenvalue weighted by atomic mass is 35.6. The third-order valence-electron chi connectivity index (χ3n) is 2.14. The number of hydrogen-bond acceptors (Lipinski definition) is 1. The molecule has 1 atom stereocenters. The van der Waals surface area contributed by atoms with E-state index < -0.39 is 13.7 Å². The Hall–Kier alpha value is 0.920. The first-order chi connectivity index (χ1) is 7.53. The SMILES string of the molecule is CC(O)c1ccc(C(Cl)(Cl)Cl)cc1C(Cl)(Cl)Cl. The Balaban J connectivity index is 3.41. The van der Waals surface area contributed by atoms with Crippen molar-refractivity contribution < 1.29 is 5.11 Å². The average Bonchev–Trinajstić information content (AvgIpc) is 2.14. The highest BCUT2D eigenvalue weighted by Gasteiger charge is 2.31. The molecule has 0 heterocycles. The normalized spacial score (nSPS) is 14.8. The van der Waals surface area contributed by atoms with Gasteiger partial charge in [-0.25, -0.2) is 0 Å². The maximum absolute atomic E-state index is 9.59. The molecular formula is C10H8Cl6O. The predicted molar refractivity (Wildman–Crippen MR) is 75.5 cm³/mol. The van der Waals surface area contributed by atoms with Crippen molar-refractivity contribution in [3.63, 3.8) is 0 Å². The lowest BCUT2D eigenvalue weighted by Crippen LogP contribution is -2.11. The van der Waals surface area contributed by atoms with Gasteiger partial charge in [-0.1, -0.05) is 81.7 Å². The average molecular weight is 357 g/mol. The van der Waals surface area contributed by atoms with Crippen LogP contribution in [-0.4, -0.2) is 5.11 Å². The van der Waals surface area contributed by atoms with Crippen molar-refractivity contribution in [3.05, 3.63) is 34.9 Å². The summed E-state index contributed by atoms with van der Waals surface area (Å²) in [5, 5.41) is 9.59. The van der Waals surface area contributed by atoms with Gasteiger partial charge in [0.2, 0.25) is 7.59 Å². The van der Waals surface area contributed by atoms with Crippen LogP contribution in [0.5, 0.6) is 0 Å². The molecule has 1 N–H and O–H groups in total. The Kier molecular flexibility index (Phi) is 5.17. The summed E-state index contributed by atoms with van der Waals surface area (Å²) in [5.41, 5.74) is 1.14. The summed E-state index contributed by atoms with van der Waals surface area (Å²) in [6, 6.07) is 4.59. The van der Waals surface area contributed by atoms with Crippen LogP contribution >= 0.6 is 69.6 Å². The van der Waals surface area contributed by atoms with E-state index in [1.165, 1.54) is 6.07 Å². The van der Waals surface area contributed by atoms with Crippen LogP contribution in [-0.2, 0) is 7.59 Å². The van der Waals surface area contributed by atoms with Crippen LogP contribution in [0.3, 0.4) is 0 Å². The quantitative estimate of drug-likeness (QED) is 0.668. The molecule has 0 aliphatic carbocycles. The third-order valence-corrected chi connectivity index (χ3v) is 3.40. The summed E-state index contributed by atoms with van der Waals surface area (Å²) >= 11 is 34.7. The van der Waals surface area contributed by atoms with E-state index in [2.05, 4.69) is 0 Å². The van der Waals surface area contributed by atoms with Crippen LogP contribution in [0, 0.1) is 0 Å². The maximum atomic E-state index is 9.59. The van der Waals surface area contributed by atoms with Crippen molar-refractivity contribution in [2.45, 2.75) is 20.6 Å². The molecule has 0 amide bonds.